The molecule has 0 aromatic heterocycles. The summed E-state index contributed by atoms with van der Waals surface area (Å²) in [7, 11) is 0. The average molecular weight is 840 g/mol. The van der Waals surface area contributed by atoms with Crippen molar-refractivity contribution in [3.8, 4) is 0 Å². The van der Waals surface area contributed by atoms with Crippen LogP contribution >= 0.6 is 23.5 Å². The summed E-state index contributed by atoms with van der Waals surface area (Å²) in [6.07, 6.45) is 0. The smallest absolute Gasteiger partial charge is 0.327 e. The molecule has 5 fully saturated rings. The van der Waals surface area contributed by atoms with Crippen LogP contribution in [0, 0.1) is 0 Å². The first kappa shape index (κ1) is 41.8. The van der Waals surface area contributed by atoms with Gasteiger partial charge in [0.25, 0.3) is 0 Å². The monoisotopic (exact) mass is 839 g/mol. The zero-order valence-corrected chi connectivity index (χ0v) is 33.1. The van der Waals surface area contributed by atoms with E-state index in [9.17, 15) is 58.5 Å². The van der Waals surface area contributed by atoms with Gasteiger partial charge in [0, 0.05) is 22.6 Å². The summed E-state index contributed by atoms with van der Waals surface area (Å²) in [5.41, 5.74) is 0.786. The Morgan fingerprint density at radius 3 is 1.57 bits per heavy atom. The van der Waals surface area contributed by atoms with Crippen LogP contribution in [-0.2, 0) is 33.6 Å². The standard InChI is InChI=1S/C20H23N5O6S.C17H18N2O6S/c1-20(2)13(17(28)29)25-15(27)12(16(25)32-20)22-14(26)11(10-6-4-3-5-7-10)23-19(31)24-9-8-21-18(24)30;1-17(2)11(16(24)25)19-13(21)10(14(19)26-17)18-12(20)9(15(22)23)8-6-4-3-5-7-8/h3-7,11-13,16H,8-9H2,1-2H3,(H,21,30)(H,22,26)(H,23,31)(H,28,29);3-7,9-11,14H,1-2H3,(H,18,20)(H,22,23)(H,24,25)/t11-,12-,13+,16-;9?,10-,11+,14-/m11/s1. The van der Waals surface area contributed by atoms with Gasteiger partial charge in [0.2, 0.25) is 23.6 Å². The molecular weight excluding hydrogens is 799 g/mol. The van der Waals surface area contributed by atoms with Gasteiger partial charge in [-0.3, -0.25) is 24.0 Å². The molecule has 8 atom stereocenters. The molecule has 7 rings (SSSR count). The number of imide groups is 1. The zero-order chi connectivity index (χ0) is 42.4. The Morgan fingerprint density at radius 1 is 0.707 bits per heavy atom. The van der Waals surface area contributed by atoms with Gasteiger partial charge in [-0.1, -0.05) is 60.7 Å². The minimum absolute atomic E-state index is 0.175. The minimum atomic E-state index is -1.44. The summed E-state index contributed by atoms with van der Waals surface area (Å²) >= 11 is 2.60. The fourth-order valence-electron chi connectivity index (χ4n) is 7.63. The van der Waals surface area contributed by atoms with Crippen LogP contribution in [-0.4, -0.2) is 141 Å². The number of hydrogen-bond donors (Lipinski definition) is 7. The molecule has 5 saturated heterocycles. The SMILES string of the molecule is CC1(C)S[C@@H]2[C@H](NC(=O)C(C(=O)O)c3ccccc3)C(=O)N2[C@H]1C(=O)O.CC1(C)S[C@@H]2[C@H](NC(=O)[C@H](NC(=O)N3CCNC3=O)c3ccccc3)C(=O)N2[C@H]1C(=O)O. The van der Waals surface area contributed by atoms with E-state index in [1.165, 1.54) is 45.5 Å². The quantitative estimate of drug-likeness (QED) is 0.128. The highest BCUT2D eigenvalue weighted by atomic mass is 32.2. The normalized spacial score (nSPS) is 26.9. The van der Waals surface area contributed by atoms with E-state index >= 15 is 0 Å². The predicted octanol–water partition coefficient (Wildman–Crippen LogP) is 0.581. The number of urea groups is 2. The number of carboxylic acids is 3. The second kappa shape index (κ2) is 15.8. The van der Waals surface area contributed by atoms with E-state index in [0.29, 0.717) is 17.7 Å². The van der Waals surface area contributed by atoms with Crippen molar-refractivity contribution in [2.24, 2.45) is 0 Å². The number of benzene rings is 2. The van der Waals surface area contributed by atoms with Gasteiger partial charge >= 0.3 is 30.0 Å². The van der Waals surface area contributed by atoms with E-state index < -0.39 is 110 Å². The fourth-order valence-corrected chi connectivity index (χ4v) is 10.9. The number of fused-ring (bicyclic) bond motifs is 2. The summed E-state index contributed by atoms with van der Waals surface area (Å²) in [6.45, 7) is 7.44. The zero-order valence-electron chi connectivity index (χ0n) is 31.5. The summed E-state index contributed by atoms with van der Waals surface area (Å²) in [4.78, 5) is 113. The molecule has 2 aromatic carbocycles. The second-order valence-corrected chi connectivity index (χ2v) is 18.6. The lowest BCUT2D eigenvalue weighted by Crippen LogP contribution is -2.71. The number of rotatable bonds is 10. The third-order valence-corrected chi connectivity index (χ3v) is 13.5. The van der Waals surface area contributed by atoms with Gasteiger partial charge < -0.3 is 46.4 Å². The van der Waals surface area contributed by atoms with Crippen molar-refractivity contribution in [2.45, 2.75) is 84.1 Å². The molecule has 0 spiro atoms. The number of aliphatic carboxylic acids is 3. The highest BCUT2D eigenvalue weighted by Crippen LogP contribution is 2.52. The first-order valence-corrected chi connectivity index (χ1v) is 19.8. The first-order valence-electron chi connectivity index (χ1n) is 18.0. The maximum Gasteiger partial charge on any atom is 0.327 e. The molecule has 1 unspecified atom stereocenters. The van der Waals surface area contributed by atoms with E-state index in [2.05, 4.69) is 21.3 Å². The number of nitrogens with one attached hydrogen (secondary N) is 4. The Hall–Kier alpha value is -5.83. The second-order valence-electron chi connectivity index (χ2n) is 15.0. The molecule has 308 valence electrons. The van der Waals surface area contributed by atoms with Crippen LogP contribution in [0.15, 0.2) is 60.7 Å². The van der Waals surface area contributed by atoms with Crippen molar-refractivity contribution < 1.29 is 58.5 Å². The van der Waals surface area contributed by atoms with Gasteiger partial charge in [0.05, 0.1) is 0 Å². The molecule has 5 heterocycles. The largest absolute Gasteiger partial charge is 0.480 e. The topological polar surface area (TPSA) is 272 Å². The summed E-state index contributed by atoms with van der Waals surface area (Å²) in [5.74, 6) is -7.36. The van der Waals surface area contributed by atoms with Crippen LogP contribution in [0.1, 0.15) is 50.8 Å². The van der Waals surface area contributed by atoms with E-state index in [1.54, 1.807) is 76.2 Å². The summed E-state index contributed by atoms with van der Waals surface area (Å²) in [6, 6.07) is 10.2. The molecule has 7 N–H and O–H groups in total. The van der Waals surface area contributed by atoms with Crippen LogP contribution in [0.3, 0.4) is 0 Å². The van der Waals surface area contributed by atoms with E-state index in [-0.39, 0.29) is 6.54 Å². The number of thioether (sulfide) groups is 2. The van der Waals surface area contributed by atoms with E-state index in [4.69, 9.17) is 0 Å². The van der Waals surface area contributed by atoms with Crippen LogP contribution in [0.4, 0.5) is 9.59 Å². The summed E-state index contributed by atoms with van der Waals surface area (Å²) in [5, 5.41) is 37.5. The minimum Gasteiger partial charge on any atom is -0.480 e. The van der Waals surface area contributed by atoms with Crippen molar-refractivity contribution in [2.75, 3.05) is 13.1 Å². The molecule has 5 aliphatic rings. The van der Waals surface area contributed by atoms with Crippen LogP contribution in [0.2, 0.25) is 0 Å². The maximum absolute atomic E-state index is 13.1. The number of nitrogens with zero attached hydrogens (tertiary/aromatic N) is 3. The van der Waals surface area contributed by atoms with E-state index in [1.807, 2.05) is 0 Å². The third kappa shape index (κ3) is 7.62. The Morgan fingerprint density at radius 2 is 1.16 bits per heavy atom. The van der Waals surface area contributed by atoms with Crippen LogP contribution < -0.4 is 21.3 Å². The molecule has 2 aromatic rings. The molecule has 0 bridgehead atoms. The Balaban J connectivity index is 0.000000200. The lowest BCUT2D eigenvalue weighted by molar-refractivity contribution is -0.161. The van der Waals surface area contributed by atoms with E-state index in [0.717, 1.165) is 4.90 Å². The Bertz CT molecular complexity index is 2050. The number of amides is 8. The molecule has 21 heteroatoms. The average Bonchev–Trinajstić information content (AvgIpc) is 3.79. The van der Waals surface area contributed by atoms with Crippen molar-refractivity contribution in [3.63, 3.8) is 0 Å². The van der Waals surface area contributed by atoms with Gasteiger partial charge in [-0.25, -0.2) is 24.1 Å². The predicted molar refractivity (Wildman–Crippen MR) is 206 cm³/mol. The highest BCUT2D eigenvalue weighted by Gasteiger charge is 2.65. The molecule has 19 nitrogen and oxygen atoms in total. The van der Waals surface area contributed by atoms with Crippen molar-refractivity contribution in [1.82, 2.24) is 36.0 Å². The van der Waals surface area contributed by atoms with Crippen LogP contribution in [0.25, 0.3) is 0 Å². The van der Waals surface area contributed by atoms with Gasteiger partial charge in [-0.05, 0) is 38.8 Å². The Labute approximate surface area is 339 Å². The first-order chi connectivity index (χ1) is 27.3. The van der Waals surface area contributed by atoms with Gasteiger partial charge in [0.1, 0.15) is 41.0 Å². The lowest BCUT2D eigenvalue weighted by Gasteiger charge is -2.44. The molecule has 0 aliphatic carbocycles. The highest BCUT2D eigenvalue weighted by molar-refractivity contribution is 8.02. The number of β-lactam (4-membered cyclic amide) rings is 2. The van der Waals surface area contributed by atoms with Crippen molar-refractivity contribution in [1.29, 1.82) is 0 Å². The fraction of sp³-hybridized carbons (Fsp3) is 0.432. The third-order valence-electron chi connectivity index (χ3n) is 10.4. The summed E-state index contributed by atoms with van der Waals surface area (Å²) < 4.78 is -1.43. The number of carbonyl (C=O) groups is 9. The van der Waals surface area contributed by atoms with Crippen LogP contribution in [0.5, 0.6) is 0 Å². The molecule has 0 radical (unpaired) electrons. The van der Waals surface area contributed by atoms with Gasteiger partial charge in [-0.2, -0.15) is 0 Å². The van der Waals surface area contributed by atoms with Crippen molar-refractivity contribution in [3.05, 3.63) is 71.8 Å². The molecular formula is C37H41N7O12S2. The van der Waals surface area contributed by atoms with Crippen molar-refractivity contribution >= 4 is 77.1 Å². The number of carboxylic acid groups (broad SMARTS) is 3. The maximum atomic E-state index is 13.1. The van der Waals surface area contributed by atoms with Gasteiger partial charge in [0.15, 0.2) is 5.92 Å². The Kier molecular flexibility index (Phi) is 11.4. The van der Waals surface area contributed by atoms with Gasteiger partial charge in [-0.15, -0.1) is 23.5 Å². The molecule has 58 heavy (non-hydrogen) atoms. The lowest BCUT2D eigenvalue weighted by atomic mass is 9.94. The number of hydrogen-bond acceptors (Lipinski definition) is 11. The molecule has 5 aliphatic heterocycles. The molecule has 0 saturated carbocycles. The molecule has 8 amide bonds. The number of carbonyl (C=O) groups excluding carboxylic acids is 6.